The highest BCUT2D eigenvalue weighted by Gasteiger charge is 2.21. The number of primary amides is 1. The number of aromatic nitrogens is 4. The molecule has 0 aromatic carbocycles. The summed E-state index contributed by atoms with van der Waals surface area (Å²) >= 11 is 0. The van der Waals surface area contributed by atoms with Crippen molar-refractivity contribution in [3.8, 4) is 0 Å². The van der Waals surface area contributed by atoms with Gasteiger partial charge in [-0.05, 0) is 5.92 Å². The Hall–Kier alpha value is -2.18. The van der Waals surface area contributed by atoms with Crippen molar-refractivity contribution in [1.82, 2.24) is 19.9 Å². The van der Waals surface area contributed by atoms with Gasteiger partial charge in [-0.25, -0.2) is 15.0 Å². The molecule has 0 bridgehead atoms. The summed E-state index contributed by atoms with van der Waals surface area (Å²) in [6.07, 6.45) is 2.92. The molecule has 17 heavy (non-hydrogen) atoms. The van der Waals surface area contributed by atoms with E-state index in [9.17, 15) is 4.79 Å². The van der Waals surface area contributed by atoms with Gasteiger partial charge in [-0.15, -0.1) is 0 Å². The van der Waals surface area contributed by atoms with Crippen LogP contribution >= 0.6 is 0 Å². The van der Waals surface area contributed by atoms with Gasteiger partial charge in [0.2, 0.25) is 5.91 Å². The van der Waals surface area contributed by atoms with Crippen molar-refractivity contribution in [2.24, 2.45) is 11.7 Å². The van der Waals surface area contributed by atoms with Gasteiger partial charge in [0.15, 0.2) is 11.5 Å². The average Bonchev–Trinajstić information content (AvgIpc) is 2.73. The van der Waals surface area contributed by atoms with Crippen LogP contribution in [0.5, 0.6) is 0 Å². The smallest absolute Gasteiger partial charge is 0.240 e. The van der Waals surface area contributed by atoms with Crippen molar-refractivity contribution >= 4 is 22.9 Å². The minimum absolute atomic E-state index is 0.0698. The van der Waals surface area contributed by atoms with E-state index in [0.717, 1.165) is 0 Å². The third kappa shape index (κ3) is 2.17. The van der Waals surface area contributed by atoms with Crippen LogP contribution in [0.25, 0.3) is 11.2 Å². The Morgan fingerprint density at radius 3 is 2.82 bits per heavy atom. The molecule has 1 amide bonds. The number of nitrogens with zero attached hydrogens (tertiary/aromatic N) is 3. The second-order valence-electron chi connectivity index (χ2n) is 4.09. The van der Waals surface area contributed by atoms with Crippen LogP contribution in [0, 0.1) is 5.92 Å². The fourth-order valence-corrected chi connectivity index (χ4v) is 1.59. The number of fused-ring (bicyclic) bond motifs is 1. The Balaban J connectivity index is 2.34. The predicted molar refractivity (Wildman–Crippen MR) is 63.1 cm³/mol. The fourth-order valence-electron chi connectivity index (χ4n) is 1.59. The van der Waals surface area contributed by atoms with Gasteiger partial charge in [-0.1, -0.05) is 13.8 Å². The van der Waals surface area contributed by atoms with E-state index < -0.39 is 11.9 Å². The minimum Gasteiger partial charge on any atom is -0.368 e. The maximum absolute atomic E-state index is 11.3. The molecule has 90 valence electrons. The predicted octanol–water partition coefficient (Wildman–Crippen LogP) is 0.275. The van der Waals surface area contributed by atoms with Gasteiger partial charge in [0, 0.05) is 0 Å². The number of aromatic amines is 1. The van der Waals surface area contributed by atoms with Gasteiger partial charge in [-0.3, -0.25) is 4.79 Å². The lowest BCUT2D eigenvalue weighted by molar-refractivity contribution is -0.119. The van der Waals surface area contributed by atoms with E-state index in [0.29, 0.717) is 17.0 Å². The van der Waals surface area contributed by atoms with Crippen molar-refractivity contribution in [3.63, 3.8) is 0 Å². The van der Waals surface area contributed by atoms with E-state index in [4.69, 9.17) is 5.73 Å². The van der Waals surface area contributed by atoms with Crippen LogP contribution in [0.3, 0.4) is 0 Å². The Morgan fingerprint density at radius 2 is 2.18 bits per heavy atom. The van der Waals surface area contributed by atoms with Gasteiger partial charge in [0.25, 0.3) is 0 Å². The lowest BCUT2D eigenvalue weighted by atomic mass is 10.0. The highest BCUT2D eigenvalue weighted by atomic mass is 16.1. The molecule has 0 saturated carbocycles. The molecule has 4 N–H and O–H groups in total. The largest absolute Gasteiger partial charge is 0.368 e. The quantitative estimate of drug-likeness (QED) is 0.703. The van der Waals surface area contributed by atoms with E-state index in [-0.39, 0.29) is 5.92 Å². The average molecular weight is 234 g/mol. The number of amides is 1. The number of hydrogen-bond acceptors (Lipinski definition) is 5. The molecule has 2 aromatic heterocycles. The van der Waals surface area contributed by atoms with Crippen LogP contribution in [0.4, 0.5) is 5.82 Å². The highest BCUT2D eigenvalue weighted by molar-refractivity contribution is 5.87. The van der Waals surface area contributed by atoms with Crippen LogP contribution in [0.2, 0.25) is 0 Å². The van der Waals surface area contributed by atoms with Crippen molar-refractivity contribution in [1.29, 1.82) is 0 Å². The summed E-state index contributed by atoms with van der Waals surface area (Å²) in [4.78, 5) is 26.3. The third-order valence-electron chi connectivity index (χ3n) is 2.49. The zero-order valence-electron chi connectivity index (χ0n) is 9.64. The first-order valence-corrected chi connectivity index (χ1v) is 5.29. The van der Waals surface area contributed by atoms with Gasteiger partial charge < -0.3 is 16.0 Å². The van der Waals surface area contributed by atoms with Crippen LogP contribution in [-0.4, -0.2) is 31.9 Å². The monoisotopic (exact) mass is 234 g/mol. The Morgan fingerprint density at radius 1 is 1.41 bits per heavy atom. The summed E-state index contributed by atoms with van der Waals surface area (Å²) in [7, 11) is 0. The molecular weight excluding hydrogens is 220 g/mol. The second kappa shape index (κ2) is 4.36. The number of carbonyl (C=O) groups excluding carboxylic acids is 1. The van der Waals surface area contributed by atoms with Gasteiger partial charge in [0.1, 0.15) is 17.9 Å². The van der Waals surface area contributed by atoms with Crippen LogP contribution in [0.15, 0.2) is 12.7 Å². The maximum Gasteiger partial charge on any atom is 0.240 e. The van der Waals surface area contributed by atoms with Gasteiger partial charge in [0.05, 0.1) is 6.33 Å². The third-order valence-corrected chi connectivity index (χ3v) is 2.49. The number of nitrogens with two attached hydrogens (primary N) is 1. The molecule has 0 radical (unpaired) electrons. The Bertz CT molecular complexity index is 534. The van der Waals surface area contributed by atoms with E-state index >= 15 is 0 Å². The number of carbonyl (C=O) groups is 1. The number of rotatable bonds is 4. The number of imidazole rings is 1. The standard InChI is InChI=1S/C10H14N6O/c1-5(2)6(8(11)17)16-10-7-9(13-3-12-7)14-4-15-10/h3-6H,1-2H3,(H2,11,17)(H2,12,13,14,15,16). The number of nitrogens with one attached hydrogen (secondary N) is 2. The van der Waals surface area contributed by atoms with Crippen molar-refractivity contribution in [2.75, 3.05) is 5.32 Å². The minimum atomic E-state index is -0.476. The molecular formula is C10H14N6O. The van der Waals surface area contributed by atoms with Crippen molar-refractivity contribution in [3.05, 3.63) is 12.7 Å². The molecule has 2 aromatic rings. The van der Waals surface area contributed by atoms with Crippen molar-refractivity contribution < 1.29 is 4.79 Å². The molecule has 0 aliphatic heterocycles. The number of hydrogen-bond donors (Lipinski definition) is 3. The first kappa shape index (κ1) is 11.3. The molecule has 2 rings (SSSR count). The van der Waals surface area contributed by atoms with Crippen molar-refractivity contribution in [2.45, 2.75) is 19.9 Å². The molecule has 2 heterocycles. The first-order chi connectivity index (χ1) is 8.09. The lowest BCUT2D eigenvalue weighted by Gasteiger charge is -2.19. The SMILES string of the molecule is CC(C)C(Nc1ncnc2nc[nH]c12)C(N)=O. The molecule has 7 heteroatoms. The fraction of sp³-hybridized carbons (Fsp3) is 0.400. The van der Waals surface area contributed by atoms with E-state index in [1.54, 1.807) is 0 Å². The Kier molecular flexibility index (Phi) is 2.90. The first-order valence-electron chi connectivity index (χ1n) is 5.29. The molecule has 0 fully saturated rings. The molecule has 1 atom stereocenters. The zero-order chi connectivity index (χ0) is 12.4. The zero-order valence-corrected chi connectivity index (χ0v) is 9.64. The molecule has 1 unspecified atom stereocenters. The van der Waals surface area contributed by atoms with Crippen LogP contribution in [0.1, 0.15) is 13.8 Å². The molecule has 7 nitrogen and oxygen atoms in total. The lowest BCUT2D eigenvalue weighted by Crippen LogP contribution is -2.39. The van der Waals surface area contributed by atoms with Crippen LogP contribution in [-0.2, 0) is 4.79 Å². The molecule has 0 aliphatic carbocycles. The molecule has 0 spiro atoms. The summed E-state index contributed by atoms with van der Waals surface area (Å²) in [6.45, 7) is 3.82. The number of anilines is 1. The summed E-state index contributed by atoms with van der Waals surface area (Å²) < 4.78 is 0. The number of H-pyrrole nitrogens is 1. The van der Waals surface area contributed by atoms with E-state index in [1.807, 2.05) is 13.8 Å². The highest BCUT2D eigenvalue weighted by Crippen LogP contribution is 2.17. The summed E-state index contributed by atoms with van der Waals surface area (Å²) in [5, 5.41) is 3.01. The van der Waals surface area contributed by atoms with Gasteiger partial charge in [-0.2, -0.15) is 0 Å². The Labute approximate surface area is 97.9 Å². The van der Waals surface area contributed by atoms with E-state index in [2.05, 4.69) is 25.3 Å². The summed E-state index contributed by atoms with van der Waals surface area (Å²) in [5.74, 6) is 0.191. The van der Waals surface area contributed by atoms with E-state index in [1.165, 1.54) is 12.7 Å². The maximum atomic E-state index is 11.3. The summed E-state index contributed by atoms with van der Waals surface area (Å²) in [5.41, 5.74) is 6.55. The second-order valence-corrected chi connectivity index (χ2v) is 4.09. The molecule has 0 saturated heterocycles. The topological polar surface area (TPSA) is 110 Å². The molecule has 0 aliphatic rings. The van der Waals surface area contributed by atoms with Crippen LogP contribution < -0.4 is 11.1 Å². The van der Waals surface area contributed by atoms with Gasteiger partial charge >= 0.3 is 0 Å². The normalized spacial score (nSPS) is 12.9. The summed E-state index contributed by atoms with van der Waals surface area (Å²) in [6, 6.07) is -0.476.